The molecule has 86 valence electrons. The molecule has 0 N–H and O–H groups in total. The Morgan fingerprint density at radius 1 is 1.38 bits per heavy atom. The summed E-state index contributed by atoms with van der Waals surface area (Å²) in [5.41, 5.74) is 0.432. The molecule has 3 heteroatoms. The van der Waals surface area contributed by atoms with Crippen molar-refractivity contribution in [2.75, 3.05) is 6.61 Å². The molecule has 0 spiro atoms. The van der Waals surface area contributed by atoms with E-state index in [1.54, 1.807) is 0 Å². The van der Waals surface area contributed by atoms with E-state index in [1.165, 1.54) is 18.2 Å². The van der Waals surface area contributed by atoms with E-state index in [-0.39, 0.29) is 11.0 Å². The number of nitrogens with zero attached hydrogens (tertiary/aromatic N) is 1. The maximum absolute atomic E-state index is 12.8. The summed E-state index contributed by atoms with van der Waals surface area (Å²) < 4.78 is 18.3. The number of benzene rings is 1. The van der Waals surface area contributed by atoms with Crippen molar-refractivity contribution < 1.29 is 9.13 Å². The molecule has 0 amide bonds. The van der Waals surface area contributed by atoms with Gasteiger partial charge in [0.05, 0.1) is 12.2 Å². The zero-order chi connectivity index (χ0) is 12.2. The first-order valence-corrected chi connectivity index (χ1v) is 5.25. The van der Waals surface area contributed by atoms with Crippen LogP contribution in [0, 0.1) is 22.6 Å². The predicted molar refractivity (Wildman–Crippen MR) is 60.7 cm³/mol. The van der Waals surface area contributed by atoms with Crippen LogP contribution in [0.5, 0.6) is 5.75 Å². The van der Waals surface area contributed by atoms with Crippen LogP contribution in [0.15, 0.2) is 18.2 Å². The summed E-state index contributed by atoms with van der Waals surface area (Å²) in [6.45, 7) is 6.88. The van der Waals surface area contributed by atoms with Crippen LogP contribution >= 0.6 is 0 Å². The van der Waals surface area contributed by atoms with Crippen LogP contribution in [0.2, 0.25) is 0 Å². The Morgan fingerprint density at radius 3 is 2.62 bits per heavy atom. The van der Waals surface area contributed by atoms with Crippen LogP contribution in [0.25, 0.3) is 0 Å². The standard InChI is InChI=1S/C13H16FNO/c1-13(2,3)6-7-16-12-5-4-11(14)8-10(12)9-15/h4-5,8H,6-7H2,1-3H3. The molecule has 16 heavy (non-hydrogen) atoms. The van der Waals surface area contributed by atoms with Crippen molar-refractivity contribution in [1.29, 1.82) is 5.26 Å². The van der Waals surface area contributed by atoms with Gasteiger partial charge in [-0.2, -0.15) is 5.26 Å². The summed E-state index contributed by atoms with van der Waals surface area (Å²) in [4.78, 5) is 0. The fourth-order valence-electron chi connectivity index (χ4n) is 1.18. The van der Waals surface area contributed by atoms with Gasteiger partial charge in [-0.25, -0.2) is 4.39 Å². The van der Waals surface area contributed by atoms with E-state index in [0.717, 1.165) is 6.42 Å². The molecule has 0 fully saturated rings. The monoisotopic (exact) mass is 221 g/mol. The van der Waals surface area contributed by atoms with Gasteiger partial charge in [-0.3, -0.25) is 0 Å². The van der Waals surface area contributed by atoms with Crippen LogP contribution in [0.3, 0.4) is 0 Å². The largest absolute Gasteiger partial charge is 0.492 e. The second-order valence-electron chi connectivity index (χ2n) is 4.91. The first-order chi connectivity index (χ1) is 7.42. The van der Waals surface area contributed by atoms with Crippen molar-refractivity contribution in [3.8, 4) is 11.8 Å². The Hall–Kier alpha value is -1.56. The third kappa shape index (κ3) is 3.90. The van der Waals surface area contributed by atoms with Gasteiger partial charge in [0.2, 0.25) is 0 Å². The second kappa shape index (κ2) is 4.98. The lowest BCUT2D eigenvalue weighted by molar-refractivity contribution is 0.242. The van der Waals surface area contributed by atoms with Gasteiger partial charge in [0.15, 0.2) is 0 Å². The Balaban J connectivity index is 2.65. The van der Waals surface area contributed by atoms with Crippen molar-refractivity contribution in [1.82, 2.24) is 0 Å². The minimum atomic E-state index is -0.417. The highest BCUT2D eigenvalue weighted by Gasteiger charge is 2.11. The van der Waals surface area contributed by atoms with Crippen LogP contribution in [-0.4, -0.2) is 6.61 Å². The third-order valence-electron chi connectivity index (χ3n) is 2.17. The molecule has 1 aromatic rings. The minimum Gasteiger partial charge on any atom is -0.492 e. The summed E-state index contributed by atoms with van der Waals surface area (Å²) in [5, 5.41) is 8.81. The molecule has 0 saturated carbocycles. The summed E-state index contributed by atoms with van der Waals surface area (Å²) in [6.07, 6.45) is 0.884. The van der Waals surface area contributed by atoms with Gasteiger partial charge < -0.3 is 4.74 Å². The molecule has 0 unspecified atom stereocenters. The Morgan fingerprint density at radius 2 is 2.06 bits per heavy atom. The molecular formula is C13H16FNO. The lowest BCUT2D eigenvalue weighted by atomic mass is 9.93. The van der Waals surface area contributed by atoms with Crippen LogP contribution < -0.4 is 4.74 Å². The van der Waals surface area contributed by atoms with Crippen molar-refractivity contribution >= 4 is 0 Å². The van der Waals surface area contributed by atoms with Crippen LogP contribution in [0.4, 0.5) is 4.39 Å². The molecule has 0 radical (unpaired) electrons. The van der Waals surface area contributed by atoms with E-state index in [1.807, 2.05) is 6.07 Å². The van der Waals surface area contributed by atoms with Crippen LogP contribution in [0.1, 0.15) is 32.8 Å². The molecule has 1 rings (SSSR count). The van der Waals surface area contributed by atoms with E-state index >= 15 is 0 Å². The zero-order valence-electron chi connectivity index (χ0n) is 9.88. The van der Waals surface area contributed by atoms with Crippen molar-refractivity contribution in [3.63, 3.8) is 0 Å². The highest BCUT2D eigenvalue weighted by molar-refractivity contribution is 5.42. The molecule has 1 aromatic carbocycles. The van der Waals surface area contributed by atoms with Gasteiger partial charge in [-0.1, -0.05) is 20.8 Å². The number of nitriles is 1. The number of ether oxygens (including phenoxy) is 1. The first kappa shape index (κ1) is 12.5. The van der Waals surface area contributed by atoms with Gasteiger partial charge in [-0.05, 0) is 30.0 Å². The number of hydrogen-bond donors (Lipinski definition) is 0. The molecule has 0 aliphatic carbocycles. The molecular weight excluding hydrogens is 205 g/mol. The SMILES string of the molecule is CC(C)(C)CCOc1ccc(F)cc1C#N. The van der Waals surface area contributed by atoms with Gasteiger partial charge in [0.25, 0.3) is 0 Å². The lowest BCUT2D eigenvalue weighted by Crippen LogP contribution is -2.11. The van der Waals surface area contributed by atoms with Crippen LogP contribution in [-0.2, 0) is 0 Å². The van der Waals surface area contributed by atoms with E-state index in [9.17, 15) is 4.39 Å². The summed E-state index contributed by atoms with van der Waals surface area (Å²) in [6, 6.07) is 5.90. The Labute approximate surface area is 95.7 Å². The maximum atomic E-state index is 12.8. The zero-order valence-corrected chi connectivity index (χ0v) is 9.88. The highest BCUT2D eigenvalue weighted by Crippen LogP contribution is 2.22. The average molecular weight is 221 g/mol. The third-order valence-corrected chi connectivity index (χ3v) is 2.17. The quantitative estimate of drug-likeness (QED) is 0.782. The molecule has 0 aliphatic heterocycles. The van der Waals surface area contributed by atoms with E-state index in [2.05, 4.69) is 20.8 Å². The summed E-state index contributed by atoms with van der Waals surface area (Å²) >= 11 is 0. The van der Waals surface area contributed by atoms with E-state index in [4.69, 9.17) is 10.00 Å². The van der Waals surface area contributed by atoms with Gasteiger partial charge in [0, 0.05) is 0 Å². The van der Waals surface area contributed by atoms with Crippen molar-refractivity contribution in [2.24, 2.45) is 5.41 Å². The minimum absolute atomic E-state index is 0.187. The first-order valence-electron chi connectivity index (χ1n) is 5.25. The summed E-state index contributed by atoms with van der Waals surface area (Å²) in [5.74, 6) is 0.0351. The van der Waals surface area contributed by atoms with E-state index in [0.29, 0.717) is 12.4 Å². The fourth-order valence-corrected chi connectivity index (χ4v) is 1.18. The Kier molecular flexibility index (Phi) is 3.89. The van der Waals surface area contributed by atoms with Gasteiger partial charge in [0.1, 0.15) is 17.6 Å². The summed E-state index contributed by atoms with van der Waals surface area (Å²) in [7, 11) is 0. The average Bonchev–Trinajstić information content (AvgIpc) is 2.18. The lowest BCUT2D eigenvalue weighted by Gasteiger charge is -2.18. The van der Waals surface area contributed by atoms with Crippen molar-refractivity contribution in [2.45, 2.75) is 27.2 Å². The maximum Gasteiger partial charge on any atom is 0.137 e. The Bertz CT molecular complexity index is 401. The number of hydrogen-bond acceptors (Lipinski definition) is 2. The fraction of sp³-hybridized carbons (Fsp3) is 0.462. The van der Waals surface area contributed by atoms with Gasteiger partial charge >= 0.3 is 0 Å². The van der Waals surface area contributed by atoms with E-state index < -0.39 is 5.82 Å². The molecule has 2 nitrogen and oxygen atoms in total. The molecule has 0 bridgehead atoms. The predicted octanol–water partition coefficient (Wildman–Crippen LogP) is 3.51. The number of halogens is 1. The molecule has 0 aromatic heterocycles. The topological polar surface area (TPSA) is 33.0 Å². The second-order valence-corrected chi connectivity index (χ2v) is 4.91. The normalized spacial score (nSPS) is 10.9. The smallest absolute Gasteiger partial charge is 0.137 e. The van der Waals surface area contributed by atoms with Gasteiger partial charge in [-0.15, -0.1) is 0 Å². The molecule has 0 aliphatic rings. The molecule has 0 atom stereocenters. The molecule has 0 saturated heterocycles. The number of rotatable bonds is 3. The highest BCUT2D eigenvalue weighted by atomic mass is 19.1. The van der Waals surface area contributed by atoms with Crippen molar-refractivity contribution in [3.05, 3.63) is 29.6 Å². The molecule has 0 heterocycles.